The molecule has 1 aromatic carbocycles. The molecule has 0 unspecified atom stereocenters. The molecule has 0 aliphatic carbocycles. The number of carbonyl (C=O) groups excluding carboxylic acids is 1. The molecule has 2 nitrogen and oxygen atoms in total. The number of phenols is 1. The molecule has 0 atom stereocenters. The van der Waals surface area contributed by atoms with Gasteiger partial charge in [-0.2, -0.15) is 4.39 Å². The van der Waals surface area contributed by atoms with Crippen molar-refractivity contribution in [1.82, 2.24) is 0 Å². The highest BCUT2D eigenvalue weighted by molar-refractivity contribution is 7.17. The number of hydrogen-bond donors (Lipinski definition) is 1. The van der Waals surface area contributed by atoms with Crippen molar-refractivity contribution >= 4 is 17.6 Å². The van der Waals surface area contributed by atoms with E-state index in [1.165, 1.54) is 12.1 Å². The first-order chi connectivity index (χ1) is 8.04. The standard InChI is InChI=1S/C11H5F3O2S/c12-7-3-6(9(13)11(16)10(7)14)8-2-1-5(4-15)17-8/h1-4,16H. The third kappa shape index (κ3) is 1.91. The molecule has 0 fully saturated rings. The van der Waals surface area contributed by atoms with E-state index in [4.69, 9.17) is 5.11 Å². The van der Waals surface area contributed by atoms with Gasteiger partial charge in [0.25, 0.3) is 0 Å². The first-order valence-corrected chi connectivity index (χ1v) is 5.28. The Morgan fingerprint density at radius 3 is 2.47 bits per heavy atom. The van der Waals surface area contributed by atoms with Crippen LogP contribution in [-0.4, -0.2) is 11.4 Å². The van der Waals surface area contributed by atoms with Crippen LogP contribution in [0.1, 0.15) is 9.67 Å². The van der Waals surface area contributed by atoms with Crippen LogP contribution in [0.25, 0.3) is 10.4 Å². The highest BCUT2D eigenvalue weighted by Crippen LogP contribution is 2.35. The summed E-state index contributed by atoms with van der Waals surface area (Å²) in [6, 6.07) is 3.46. The molecule has 0 bridgehead atoms. The largest absolute Gasteiger partial charge is 0.503 e. The van der Waals surface area contributed by atoms with Crippen molar-refractivity contribution in [1.29, 1.82) is 0 Å². The summed E-state index contributed by atoms with van der Waals surface area (Å²) in [5, 5.41) is 9.04. The van der Waals surface area contributed by atoms with E-state index in [0.29, 0.717) is 17.2 Å². The number of aromatic hydroxyl groups is 1. The predicted molar refractivity (Wildman–Crippen MR) is 56.7 cm³/mol. The van der Waals surface area contributed by atoms with E-state index in [9.17, 15) is 18.0 Å². The summed E-state index contributed by atoms with van der Waals surface area (Å²) in [6.45, 7) is 0. The molecule has 2 aromatic rings. The summed E-state index contributed by atoms with van der Waals surface area (Å²) >= 11 is 0.915. The van der Waals surface area contributed by atoms with Crippen LogP contribution in [0.2, 0.25) is 0 Å². The minimum Gasteiger partial charge on any atom is -0.503 e. The quantitative estimate of drug-likeness (QED) is 0.662. The molecule has 0 aliphatic rings. The Hall–Kier alpha value is -1.82. The van der Waals surface area contributed by atoms with Gasteiger partial charge in [-0.25, -0.2) is 8.78 Å². The molecular weight excluding hydrogens is 253 g/mol. The Kier molecular flexibility index (Phi) is 2.89. The van der Waals surface area contributed by atoms with Crippen LogP contribution in [0.3, 0.4) is 0 Å². The molecule has 0 aliphatic heterocycles. The Bertz CT molecular complexity index is 593. The van der Waals surface area contributed by atoms with Gasteiger partial charge in [-0.3, -0.25) is 4.79 Å². The zero-order valence-corrected chi connectivity index (χ0v) is 9.02. The lowest BCUT2D eigenvalue weighted by Crippen LogP contribution is -1.92. The van der Waals surface area contributed by atoms with Crippen molar-refractivity contribution in [2.24, 2.45) is 0 Å². The molecule has 1 N–H and O–H groups in total. The Morgan fingerprint density at radius 1 is 1.18 bits per heavy atom. The van der Waals surface area contributed by atoms with Gasteiger partial charge in [-0.1, -0.05) is 0 Å². The van der Waals surface area contributed by atoms with Crippen LogP contribution in [0.5, 0.6) is 5.75 Å². The highest BCUT2D eigenvalue weighted by Gasteiger charge is 2.19. The lowest BCUT2D eigenvalue weighted by Gasteiger charge is -2.04. The van der Waals surface area contributed by atoms with Crippen LogP contribution in [0.15, 0.2) is 18.2 Å². The SMILES string of the molecule is O=Cc1ccc(-c2cc(F)c(F)c(O)c2F)s1. The molecule has 0 amide bonds. The topological polar surface area (TPSA) is 37.3 Å². The number of carbonyl (C=O) groups is 1. The molecular formula is C11H5F3O2S. The zero-order chi connectivity index (χ0) is 12.6. The second-order valence-electron chi connectivity index (χ2n) is 3.20. The van der Waals surface area contributed by atoms with Crippen LogP contribution in [0.4, 0.5) is 13.2 Å². The van der Waals surface area contributed by atoms with Gasteiger partial charge < -0.3 is 5.11 Å². The maximum atomic E-state index is 13.5. The van der Waals surface area contributed by atoms with E-state index in [-0.39, 0.29) is 10.4 Å². The van der Waals surface area contributed by atoms with Gasteiger partial charge >= 0.3 is 0 Å². The summed E-state index contributed by atoms with van der Waals surface area (Å²) in [4.78, 5) is 11.0. The van der Waals surface area contributed by atoms with Crippen molar-refractivity contribution < 1.29 is 23.1 Å². The lowest BCUT2D eigenvalue weighted by atomic mass is 10.1. The van der Waals surface area contributed by atoms with Gasteiger partial charge in [0.05, 0.1) is 4.88 Å². The van der Waals surface area contributed by atoms with Gasteiger partial charge in [-0.05, 0) is 18.2 Å². The molecule has 1 heterocycles. The number of hydrogen-bond acceptors (Lipinski definition) is 3. The smallest absolute Gasteiger partial charge is 0.203 e. The van der Waals surface area contributed by atoms with Crippen molar-refractivity contribution in [3.63, 3.8) is 0 Å². The average Bonchev–Trinajstić information content (AvgIpc) is 2.79. The number of benzene rings is 1. The number of phenolic OH excluding ortho intramolecular Hbond substituents is 1. The minimum absolute atomic E-state index is 0.235. The summed E-state index contributed by atoms with van der Waals surface area (Å²) in [6.07, 6.45) is 0.561. The molecule has 0 spiro atoms. The molecule has 0 radical (unpaired) electrons. The van der Waals surface area contributed by atoms with Crippen LogP contribution in [-0.2, 0) is 0 Å². The summed E-state index contributed by atoms with van der Waals surface area (Å²) in [7, 11) is 0. The van der Waals surface area contributed by atoms with Gasteiger partial charge in [0.2, 0.25) is 5.82 Å². The second-order valence-corrected chi connectivity index (χ2v) is 4.32. The molecule has 0 saturated carbocycles. The van der Waals surface area contributed by atoms with Crippen molar-refractivity contribution in [3.05, 3.63) is 40.5 Å². The zero-order valence-electron chi connectivity index (χ0n) is 8.21. The molecule has 88 valence electrons. The monoisotopic (exact) mass is 258 g/mol. The fourth-order valence-electron chi connectivity index (χ4n) is 1.33. The van der Waals surface area contributed by atoms with Crippen LogP contribution < -0.4 is 0 Å². The van der Waals surface area contributed by atoms with Gasteiger partial charge in [0, 0.05) is 10.4 Å². The summed E-state index contributed by atoms with van der Waals surface area (Å²) < 4.78 is 39.4. The Labute approximate surface area is 97.9 Å². The Morgan fingerprint density at radius 2 is 1.88 bits per heavy atom. The van der Waals surface area contributed by atoms with E-state index >= 15 is 0 Å². The van der Waals surface area contributed by atoms with Crippen LogP contribution in [0, 0.1) is 17.5 Å². The fourth-order valence-corrected chi connectivity index (χ4v) is 2.16. The first kappa shape index (κ1) is 11.7. The third-order valence-corrected chi connectivity index (χ3v) is 3.19. The van der Waals surface area contributed by atoms with E-state index < -0.39 is 23.2 Å². The summed E-state index contributed by atoms with van der Waals surface area (Å²) in [5.74, 6) is -5.58. The highest BCUT2D eigenvalue weighted by atomic mass is 32.1. The van der Waals surface area contributed by atoms with E-state index in [1.807, 2.05) is 0 Å². The maximum absolute atomic E-state index is 13.5. The lowest BCUT2D eigenvalue weighted by molar-refractivity contribution is 0.112. The molecule has 6 heteroatoms. The first-order valence-electron chi connectivity index (χ1n) is 4.46. The molecule has 1 aromatic heterocycles. The van der Waals surface area contributed by atoms with E-state index in [1.54, 1.807) is 0 Å². The van der Waals surface area contributed by atoms with Crippen LogP contribution >= 0.6 is 11.3 Å². The number of aldehydes is 1. The normalized spacial score (nSPS) is 10.5. The van der Waals surface area contributed by atoms with Crippen molar-refractivity contribution in [2.75, 3.05) is 0 Å². The number of halogens is 3. The van der Waals surface area contributed by atoms with Gasteiger partial charge in [0.1, 0.15) is 0 Å². The molecule has 2 rings (SSSR count). The Balaban J connectivity index is 2.63. The summed E-state index contributed by atoms with van der Waals surface area (Å²) in [5.41, 5.74) is -0.278. The molecule has 0 saturated heterocycles. The molecule has 17 heavy (non-hydrogen) atoms. The van der Waals surface area contributed by atoms with Crippen molar-refractivity contribution in [2.45, 2.75) is 0 Å². The maximum Gasteiger partial charge on any atom is 0.203 e. The minimum atomic E-state index is -1.63. The fraction of sp³-hybridized carbons (Fsp3) is 0. The van der Waals surface area contributed by atoms with Gasteiger partial charge in [0.15, 0.2) is 23.7 Å². The predicted octanol–water partition coefficient (Wildman–Crippen LogP) is 3.35. The number of rotatable bonds is 2. The van der Waals surface area contributed by atoms with E-state index in [0.717, 1.165) is 11.3 Å². The van der Waals surface area contributed by atoms with E-state index in [2.05, 4.69) is 0 Å². The van der Waals surface area contributed by atoms with Gasteiger partial charge in [-0.15, -0.1) is 11.3 Å². The number of thiophene rings is 1. The second kappa shape index (κ2) is 4.21. The average molecular weight is 258 g/mol. The third-order valence-electron chi connectivity index (χ3n) is 2.14. The van der Waals surface area contributed by atoms with Crippen molar-refractivity contribution in [3.8, 4) is 16.2 Å².